The number of carbonyl (C=O) groups excluding carboxylic acids is 5. The Hall–Kier alpha value is -5.67. The summed E-state index contributed by atoms with van der Waals surface area (Å²) < 4.78 is 18.8. The Labute approximate surface area is 270 Å². The predicted octanol–water partition coefficient (Wildman–Crippen LogP) is 3.31. The highest BCUT2D eigenvalue weighted by Gasteiger charge is 2.27. The number of ketones is 2. The summed E-state index contributed by atoms with van der Waals surface area (Å²) in [7, 11) is 2.81. The van der Waals surface area contributed by atoms with Crippen LogP contribution in [0, 0.1) is 12.3 Å². The van der Waals surface area contributed by atoms with Gasteiger partial charge in [0.05, 0.1) is 37.7 Å². The summed E-state index contributed by atoms with van der Waals surface area (Å²) >= 11 is 0. The number of Topliss-reactive ketones (excluding diaryl/α,β-unsaturated/α-hetero) is 2. The second-order valence-corrected chi connectivity index (χ2v) is 10.4. The van der Waals surface area contributed by atoms with E-state index in [9.17, 15) is 33.9 Å². The Morgan fingerprint density at radius 2 is 1.45 bits per heavy atom. The molecule has 254 valence electrons. The molecule has 0 fully saturated rings. The van der Waals surface area contributed by atoms with E-state index in [1.54, 1.807) is 39.8 Å². The van der Waals surface area contributed by atoms with E-state index in [4.69, 9.17) is 14.6 Å². The van der Waals surface area contributed by atoms with Crippen LogP contribution < -0.4 is 14.8 Å². The van der Waals surface area contributed by atoms with Gasteiger partial charge in [-0.05, 0) is 32.9 Å². The number of ether oxygens (including phenoxy) is 4. The van der Waals surface area contributed by atoms with Crippen molar-refractivity contribution in [1.82, 2.24) is 15.0 Å². The second-order valence-electron chi connectivity index (χ2n) is 10.4. The van der Waals surface area contributed by atoms with E-state index < -0.39 is 29.1 Å². The van der Waals surface area contributed by atoms with Crippen LogP contribution in [0.1, 0.15) is 68.1 Å². The number of aromatic carboxylic acids is 1. The second kappa shape index (κ2) is 17.7. The van der Waals surface area contributed by atoms with Gasteiger partial charge in [0.15, 0.2) is 11.5 Å². The molecule has 0 unspecified atom stereocenters. The molecule has 3 N–H and O–H groups in total. The lowest BCUT2D eigenvalue weighted by molar-refractivity contribution is -0.145. The molecule has 0 saturated carbocycles. The number of aromatic hydroxyl groups is 1. The smallest absolute Gasteiger partial charge is 0.381 e. The number of rotatable bonds is 9. The maximum Gasteiger partial charge on any atom is 0.381 e. The van der Waals surface area contributed by atoms with Crippen LogP contribution in [0.4, 0.5) is 5.69 Å². The number of nitrogens with zero attached hydrogens (tertiary/aromatic N) is 3. The van der Waals surface area contributed by atoms with Crippen LogP contribution in [0.5, 0.6) is 17.5 Å². The molecular formula is C31H38N4O12. The first-order valence-electron chi connectivity index (χ1n) is 13.9. The fraction of sp³-hybridized carbons (Fsp3) is 0.387. The zero-order chi connectivity index (χ0) is 36.1. The Morgan fingerprint density at radius 1 is 0.872 bits per heavy atom. The predicted molar refractivity (Wildman–Crippen MR) is 167 cm³/mol. The molecule has 0 radical (unpaired) electrons. The van der Waals surface area contributed by atoms with Crippen LogP contribution in [0.2, 0.25) is 0 Å². The number of methoxy groups -OCH3 is 2. The van der Waals surface area contributed by atoms with Crippen LogP contribution in [-0.2, 0) is 28.7 Å². The van der Waals surface area contributed by atoms with Crippen LogP contribution in [-0.4, -0.2) is 88.0 Å². The number of amides is 1. The van der Waals surface area contributed by atoms with E-state index >= 15 is 0 Å². The molecule has 16 nitrogen and oxygen atoms in total. The van der Waals surface area contributed by atoms with Gasteiger partial charge in [0.1, 0.15) is 23.4 Å². The largest absolute Gasteiger partial charge is 0.505 e. The third-order valence-corrected chi connectivity index (χ3v) is 5.54. The average Bonchev–Trinajstić information content (AvgIpc) is 3.00. The van der Waals surface area contributed by atoms with Gasteiger partial charge in [-0.25, -0.2) is 24.5 Å². The Kier molecular flexibility index (Phi) is 14.8. The van der Waals surface area contributed by atoms with Crippen molar-refractivity contribution in [2.45, 2.75) is 48.5 Å². The van der Waals surface area contributed by atoms with E-state index in [0.717, 1.165) is 0 Å². The minimum atomic E-state index is -1.25. The van der Waals surface area contributed by atoms with Crippen molar-refractivity contribution < 1.29 is 57.9 Å². The molecule has 0 aromatic carbocycles. The molecule has 0 spiro atoms. The molecule has 0 aliphatic heterocycles. The number of fused-ring (bicyclic) bond motifs is 1. The number of carbonyl (C=O) groups is 6. The van der Waals surface area contributed by atoms with E-state index in [1.165, 1.54) is 47.1 Å². The number of carboxylic acid groups (broad SMARTS) is 1. The first-order chi connectivity index (χ1) is 21.9. The lowest BCUT2D eigenvalue weighted by Crippen LogP contribution is -2.29. The van der Waals surface area contributed by atoms with Crippen LogP contribution in [0.15, 0.2) is 24.3 Å². The van der Waals surface area contributed by atoms with Crippen molar-refractivity contribution in [3.8, 4) is 17.5 Å². The van der Waals surface area contributed by atoms with Gasteiger partial charge >= 0.3 is 17.9 Å². The van der Waals surface area contributed by atoms with Crippen molar-refractivity contribution in [1.29, 1.82) is 0 Å². The third kappa shape index (κ3) is 12.0. The molecule has 3 aromatic rings. The van der Waals surface area contributed by atoms with Crippen molar-refractivity contribution in [2.75, 3.05) is 32.8 Å². The number of anilines is 1. The number of aromatic nitrogens is 3. The fourth-order valence-electron chi connectivity index (χ4n) is 3.19. The maximum atomic E-state index is 12.1. The van der Waals surface area contributed by atoms with Crippen molar-refractivity contribution in [3.63, 3.8) is 0 Å². The molecule has 16 heteroatoms. The number of hydrogen-bond donors (Lipinski definition) is 3. The summed E-state index contributed by atoms with van der Waals surface area (Å²) in [4.78, 5) is 78.9. The van der Waals surface area contributed by atoms with E-state index in [0.29, 0.717) is 5.52 Å². The van der Waals surface area contributed by atoms with E-state index in [1.807, 2.05) is 0 Å². The molecule has 1 amide bonds. The first kappa shape index (κ1) is 39.4. The summed E-state index contributed by atoms with van der Waals surface area (Å²) in [5.41, 5.74) is -0.231. The highest BCUT2D eigenvalue weighted by molar-refractivity contribution is 6.41. The molecule has 0 saturated heterocycles. The van der Waals surface area contributed by atoms with Crippen LogP contribution in [0.3, 0.4) is 0 Å². The first-order valence-corrected chi connectivity index (χ1v) is 13.9. The zero-order valence-electron chi connectivity index (χ0n) is 27.5. The standard InChI is InChI=1S/C15H20N2O5.C11H10N2O4.C5H8O3/c1-6-22-13(19)12(18)11-9(7-8-10(17-11)21-5)16-14(20)15(2,3)4;1-5-10(14)8(11(15)16)9-6(12-5)3-4-7(13-9)17-2;1-4(6)3-8-5(2)7/h7-8H,6H2,1-5H3,(H,16,20);3-4,14H,1-2H3,(H,15,16);3H2,1-2H3. The van der Waals surface area contributed by atoms with Gasteiger partial charge in [-0.2, -0.15) is 0 Å². The highest BCUT2D eigenvalue weighted by Crippen LogP contribution is 2.28. The summed E-state index contributed by atoms with van der Waals surface area (Å²) in [6.07, 6.45) is 0. The quantitative estimate of drug-likeness (QED) is 0.170. The highest BCUT2D eigenvalue weighted by atomic mass is 16.5. The monoisotopic (exact) mass is 658 g/mol. The molecule has 0 bridgehead atoms. The number of esters is 2. The summed E-state index contributed by atoms with van der Waals surface area (Å²) in [6.45, 7) is 10.9. The van der Waals surface area contributed by atoms with E-state index in [2.05, 4.69) is 29.7 Å². The molecule has 0 atom stereocenters. The number of carboxylic acids is 1. The summed E-state index contributed by atoms with van der Waals surface area (Å²) in [5.74, 6) is -4.03. The van der Waals surface area contributed by atoms with Gasteiger partial charge in [-0.1, -0.05) is 20.8 Å². The van der Waals surface area contributed by atoms with Crippen LogP contribution in [0.25, 0.3) is 11.0 Å². The normalized spacial score (nSPS) is 10.2. The molecule has 47 heavy (non-hydrogen) atoms. The summed E-state index contributed by atoms with van der Waals surface area (Å²) in [5, 5.41) is 21.4. The Bertz CT molecular complexity index is 1630. The van der Waals surface area contributed by atoms with Crippen LogP contribution >= 0.6 is 0 Å². The molecule has 3 aromatic heterocycles. The van der Waals surface area contributed by atoms with Gasteiger partial charge in [0.25, 0.3) is 5.78 Å². The Morgan fingerprint density at radius 3 is 1.91 bits per heavy atom. The lowest BCUT2D eigenvalue weighted by Gasteiger charge is -2.18. The minimum Gasteiger partial charge on any atom is -0.505 e. The zero-order valence-corrected chi connectivity index (χ0v) is 27.5. The SMILES string of the molecule is CC(=O)COC(C)=O.CCOC(=O)C(=O)c1nc(OC)ccc1NC(=O)C(C)(C)C.COc1ccc2nc(C)c(O)c(C(=O)O)c2n1. The number of aryl methyl sites for hydroxylation is 1. The Balaban J connectivity index is 0.000000390. The van der Waals surface area contributed by atoms with Gasteiger partial charge in [0, 0.05) is 24.5 Å². The molecular weight excluding hydrogens is 620 g/mol. The number of hydrogen-bond acceptors (Lipinski definition) is 14. The van der Waals surface area contributed by atoms with Gasteiger partial charge in [0.2, 0.25) is 17.7 Å². The molecule has 0 aliphatic carbocycles. The molecule has 0 aliphatic rings. The van der Waals surface area contributed by atoms with Gasteiger partial charge < -0.3 is 34.5 Å². The molecule has 3 heterocycles. The molecule has 3 rings (SSSR count). The fourth-order valence-corrected chi connectivity index (χ4v) is 3.19. The van der Waals surface area contributed by atoms with Gasteiger partial charge in [-0.15, -0.1) is 0 Å². The van der Waals surface area contributed by atoms with Crippen molar-refractivity contribution >= 4 is 52.1 Å². The van der Waals surface area contributed by atoms with Gasteiger partial charge in [-0.3, -0.25) is 19.2 Å². The number of nitrogens with one attached hydrogen (secondary N) is 1. The summed E-state index contributed by atoms with van der Waals surface area (Å²) in [6, 6.07) is 6.12. The minimum absolute atomic E-state index is 0.0677. The third-order valence-electron chi connectivity index (χ3n) is 5.54. The topological polar surface area (TPSA) is 230 Å². The lowest BCUT2D eigenvalue weighted by atomic mass is 9.95. The van der Waals surface area contributed by atoms with Crippen molar-refractivity contribution in [2.24, 2.45) is 5.41 Å². The average molecular weight is 659 g/mol. The van der Waals surface area contributed by atoms with Crippen molar-refractivity contribution in [3.05, 3.63) is 41.2 Å². The van der Waals surface area contributed by atoms with E-state index in [-0.39, 0.29) is 70.6 Å². The number of pyridine rings is 3. The maximum absolute atomic E-state index is 12.1.